The Morgan fingerprint density at radius 1 is 1.06 bits per heavy atom. The number of ether oxygens (including phenoxy) is 1. The van der Waals surface area contributed by atoms with Gasteiger partial charge in [-0.1, -0.05) is 0 Å². The molecule has 1 atom stereocenters. The van der Waals surface area contributed by atoms with Crippen molar-refractivity contribution >= 4 is 7.82 Å². The van der Waals surface area contributed by atoms with Crippen LogP contribution in [0.1, 0.15) is 40.5 Å². The fourth-order valence-electron chi connectivity index (χ4n) is 1.000. The van der Waals surface area contributed by atoms with Crippen molar-refractivity contribution in [3.63, 3.8) is 0 Å². The minimum absolute atomic E-state index is 0.210. The summed E-state index contributed by atoms with van der Waals surface area (Å²) in [6, 6.07) is 0. The number of unbranched alkanes of at least 4 members (excludes halogenated alkanes) is 1. The van der Waals surface area contributed by atoms with E-state index in [9.17, 15) is 9.46 Å². The first kappa shape index (κ1) is 16.1. The van der Waals surface area contributed by atoms with Crippen LogP contribution in [-0.4, -0.2) is 30.3 Å². The van der Waals surface area contributed by atoms with E-state index in [0.717, 1.165) is 6.42 Å². The molecule has 16 heavy (non-hydrogen) atoms. The first-order valence-corrected chi connectivity index (χ1v) is 7.10. The molecular formula is C10H23O5P. The highest BCUT2D eigenvalue weighted by Crippen LogP contribution is 2.44. The van der Waals surface area contributed by atoms with Gasteiger partial charge in [-0.15, -0.1) is 0 Å². The molecule has 0 saturated carbocycles. The average molecular weight is 254 g/mol. The van der Waals surface area contributed by atoms with Gasteiger partial charge in [0.25, 0.3) is 0 Å². The molecule has 0 aromatic carbocycles. The highest BCUT2D eigenvalue weighted by Gasteiger charge is 2.21. The lowest BCUT2D eigenvalue weighted by atomic mass is 10.3. The van der Waals surface area contributed by atoms with Crippen molar-refractivity contribution in [1.82, 2.24) is 0 Å². The van der Waals surface area contributed by atoms with E-state index < -0.39 is 7.82 Å². The largest absolute Gasteiger partial charge is 0.472 e. The SMILES string of the molecule is CC(C)OCCCCOP(=O)(O)OC(C)C. The molecule has 0 bridgehead atoms. The van der Waals surface area contributed by atoms with Gasteiger partial charge in [0.15, 0.2) is 0 Å². The van der Waals surface area contributed by atoms with Crippen molar-refractivity contribution < 1.29 is 23.2 Å². The third kappa shape index (κ3) is 10.6. The molecular weight excluding hydrogens is 231 g/mol. The van der Waals surface area contributed by atoms with Gasteiger partial charge in [-0.3, -0.25) is 9.05 Å². The van der Waals surface area contributed by atoms with Crippen LogP contribution in [-0.2, 0) is 18.3 Å². The van der Waals surface area contributed by atoms with Crippen molar-refractivity contribution in [2.75, 3.05) is 13.2 Å². The Balaban J connectivity index is 3.47. The quantitative estimate of drug-likeness (QED) is 0.506. The van der Waals surface area contributed by atoms with E-state index in [1.165, 1.54) is 0 Å². The van der Waals surface area contributed by atoms with E-state index in [2.05, 4.69) is 0 Å². The summed E-state index contributed by atoms with van der Waals surface area (Å²) in [5.41, 5.74) is 0. The molecule has 0 aromatic heterocycles. The molecule has 0 spiro atoms. The van der Waals surface area contributed by atoms with E-state index in [1.54, 1.807) is 13.8 Å². The van der Waals surface area contributed by atoms with Crippen molar-refractivity contribution in [3.05, 3.63) is 0 Å². The topological polar surface area (TPSA) is 65.0 Å². The Morgan fingerprint density at radius 3 is 2.12 bits per heavy atom. The molecule has 6 heteroatoms. The van der Waals surface area contributed by atoms with Crippen LogP contribution in [0, 0.1) is 0 Å². The van der Waals surface area contributed by atoms with Crippen LogP contribution in [0.5, 0.6) is 0 Å². The maximum atomic E-state index is 11.2. The molecule has 0 amide bonds. The van der Waals surface area contributed by atoms with Gasteiger partial charge in [0.1, 0.15) is 0 Å². The molecule has 0 aromatic rings. The van der Waals surface area contributed by atoms with Gasteiger partial charge in [0.05, 0.1) is 18.8 Å². The summed E-state index contributed by atoms with van der Waals surface area (Å²) in [6.45, 7) is 8.15. The molecule has 0 radical (unpaired) electrons. The zero-order valence-corrected chi connectivity index (χ0v) is 11.4. The number of phosphoric acid groups is 1. The smallest absolute Gasteiger partial charge is 0.379 e. The van der Waals surface area contributed by atoms with E-state index >= 15 is 0 Å². The Kier molecular flexibility index (Phi) is 8.24. The van der Waals surface area contributed by atoms with Crippen molar-refractivity contribution in [2.24, 2.45) is 0 Å². The van der Waals surface area contributed by atoms with E-state index in [4.69, 9.17) is 13.8 Å². The molecule has 0 heterocycles. The summed E-state index contributed by atoms with van der Waals surface area (Å²) in [5.74, 6) is 0. The second-order valence-corrected chi connectivity index (χ2v) is 5.49. The van der Waals surface area contributed by atoms with Crippen LogP contribution in [0.4, 0.5) is 0 Å². The maximum Gasteiger partial charge on any atom is 0.472 e. The minimum Gasteiger partial charge on any atom is -0.379 e. The minimum atomic E-state index is -3.86. The molecule has 0 aliphatic carbocycles. The molecule has 0 rings (SSSR count). The van der Waals surface area contributed by atoms with Crippen molar-refractivity contribution in [2.45, 2.75) is 52.7 Å². The number of phosphoric ester groups is 1. The van der Waals surface area contributed by atoms with Gasteiger partial charge >= 0.3 is 7.82 Å². The lowest BCUT2D eigenvalue weighted by molar-refractivity contribution is 0.0704. The lowest BCUT2D eigenvalue weighted by Crippen LogP contribution is -2.06. The highest BCUT2D eigenvalue weighted by atomic mass is 31.2. The third-order valence-electron chi connectivity index (χ3n) is 1.59. The summed E-state index contributed by atoms with van der Waals surface area (Å²) in [5, 5.41) is 0. The Hall–Kier alpha value is 0.0700. The normalized spacial score (nSPS) is 15.7. The summed E-state index contributed by atoms with van der Waals surface area (Å²) in [6.07, 6.45) is 1.38. The first-order chi connectivity index (χ1) is 7.33. The molecule has 0 fully saturated rings. The molecule has 1 unspecified atom stereocenters. The van der Waals surface area contributed by atoms with Gasteiger partial charge in [0.2, 0.25) is 0 Å². The summed E-state index contributed by atoms with van der Waals surface area (Å²) < 4.78 is 26.1. The maximum absolute atomic E-state index is 11.2. The summed E-state index contributed by atoms with van der Waals surface area (Å²) >= 11 is 0. The van der Waals surface area contributed by atoms with E-state index in [1.807, 2.05) is 13.8 Å². The van der Waals surface area contributed by atoms with Crippen LogP contribution in [0.15, 0.2) is 0 Å². The average Bonchev–Trinajstić information content (AvgIpc) is 2.08. The molecule has 0 aliphatic heterocycles. The van der Waals surface area contributed by atoms with Gasteiger partial charge in [-0.05, 0) is 40.5 Å². The predicted molar refractivity (Wildman–Crippen MR) is 62.3 cm³/mol. The zero-order valence-electron chi connectivity index (χ0n) is 10.5. The Morgan fingerprint density at radius 2 is 1.62 bits per heavy atom. The first-order valence-electron chi connectivity index (χ1n) is 5.61. The zero-order chi connectivity index (χ0) is 12.6. The monoisotopic (exact) mass is 254 g/mol. The predicted octanol–water partition coefficient (Wildman–Crippen LogP) is 2.73. The lowest BCUT2D eigenvalue weighted by Gasteiger charge is -2.14. The van der Waals surface area contributed by atoms with E-state index in [-0.39, 0.29) is 18.8 Å². The van der Waals surface area contributed by atoms with Crippen molar-refractivity contribution in [1.29, 1.82) is 0 Å². The fraction of sp³-hybridized carbons (Fsp3) is 1.00. The molecule has 98 valence electrons. The Bertz CT molecular complexity index is 217. The van der Waals surface area contributed by atoms with Crippen LogP contribution < -0.4 is 0 Å². The van der Waals surface area contributed by atoms with Crippen LogP contribution >= 0.6 is 7.82 Å². The fourth-order valence-corrected chi connectivity index (χ4v) is 1.95. The van der Waals surface area contributed by atoms with Gasteiger partial charge < -0.3 is 9.63 Å². The third-order valence-corrected chi connectivity index (χ3v) is 2.79. The second-order valence-electron chi connectivity index (χ2n) is 4.08. The van der Waals surface area contributed by atoms with Gasteiger partial charge in [-0.25, -0.2) is 4.57 Å². The molecule has 0 aliphatic rings. The van der Waals surface area contributed by atoms with Crippen LogP contribution in [0.2, 0.25) is 0 Å². The number of hydrogen-bond acceptors (Lipinski definition) is 4. The molecule has 5 nitrogen and oxygen atoms in total. The van der Waals surface area contributed by atoms with Crippen LogP contribution in [0.25, 0.3) is 0 Å². The highest BCUT2D eigenvalue weighted by molar-refractivity contribution is 7.47. The van der Waals surface area contributed by atoms with Gasteiger partial charge in [0, 0.05) is 6.61 Å². The number of hydrogen-bond donors (Lipinski definition) is 1. The molecule has 1 N–H and O–H groups in total. The van der Waals surface area contributed by atoms with Crippen LogP contribution in [0.3, 0.4) is 0 Å². The van der Waals surface area contributed by atoms with E-state index in [0.29, 0.717) is 13.0 Å². The Labute approximate surface area is 97.7 Å². The molecule has 0 saturated heterocycles. The van der Waals surface area contributed by atoms with Crippen molar-refractivity contribution in [3.8, 4) is 0 Å². The standard InChI is InChI=1S/C10H23O5P/c1-9(2)13-7-5-6-8-14-16(11,12)15-10(3)4/h9-10H,5-8H2,1-4H3,(H,11,12). The second kappa shape index (κ2) is 8.20. The summed E-state index contributed by atoms with van der Waals surface area (Å²) in [4.78, 5) is 9.21. The van der Waals surface area contributed by atoms with Gasteiger partial charge in [-0.2, -0.15) is 0 Å². The number of rotatable bonds is 9. The summed E-state index contributed by atoms with van der Waals surface area (Å²) in [7, 11) is -3.86.